The third-order valence-corrected chi connectivity index (χ3v) is 4.15. The Morgan fingerprint density at radius 2 is 1.76 bits per heavy atom. The summed E-state index contributed by atoms with van der Waals surface area (Å²) < 4.78 is 12.9. The van der Waals surface area contributed by atoms with E-state index >= 15 is 0 Å². The molecule has 0 fully saturated rings. The zero-order chi connectivity index (χ0) is 15.2. The zero-order valence-electron chi connectivity index (χ0n) is 12.1. The maximum atomic E-state index is 12.9. The van der Waals surface area contributed by atoms with Crippen molar-refractivity contribution in [1.29, 1.82) is 0 Å². The van der Waals surface area contributed by atoms with E-state index in [4.69, 9.17) is 0 Å². The van der Waals surface area contributed by atoms with Crippen LogP contribution in [0.2, 0.25) is 0 Å². The van der Waals surface area contributed by atoms with Crippen molar-refractivity contribution in [3.05, 3.63) is 65.5 Å². The van der Waals surface area contributed by atoms with Gasteiger partial charge >= 0.3 is 0 Å². The highest BCUT2D eigenvalue weighted by Gasteiger charge is 2.10. The standard InChI is InChI=1S/C17H18FNOS/c1-12-3-9-16(10-4-12)21-11-17(20)19-13(2)14-5-7-15(18)8-6-14/h3-10,13H,11H2,1-2H3,(H,19,20). The van der Waals surface area contributed by atoms with Crippen LogP contribution in [0.25, 0.3) is 0 Å². The van der Waals surface area contributed by atoms with Crippen molar-refractivity contribution in [2.45, 2.75) is 24.8 Å². The zero-order valence-corrected chi connectivity index (χ0v) is 12.9. The summed E-state index contributed by atoms with van der Waals surface area (Å²) in [5, 5.41) is 2.92. The number of halogens is 1. The van der Waals surface area contributed by atoms with E-state index in [9.17, 15) is 9.18 Å². The summed E-state index contributed by atoms with van der Waals surface area (Å²) in [6.07, 6.45) is 0. The topological polar surface area (TPSA) is 29.1 Å². The van der Waals surface area contributed by atoms with Gasteiger partial charge in [-0.1, -0.05) is 29.8 Å². The van der Waals surface area contributed by atoms with Crippen molar-refractivity contribution in [1.82, 2.24) is 5.32 Å². The second-order valence-corrected chi connectivity index (χ2v) is 5.99. The molecule has 1 amide bonds. The number of hydrogen-bond donors (Lipinski definition) is 1. The normalized spacial score (nSPS) is 12.0. The van der Waals surface area contributed by atoms with E-state index in [0.29, 0.717) is 5.75 Å². The fourth-order valence-corrected chi connectivity index (χ4v) is 2.61. The lowest BCUT2D eigenvalue weighted by Gasteiger charge is -2.14. The molecule has 0 saturated carbocycles. The highest BCUT2D eigenvalue weighted by molar-refractivity contribution is 8.00. The first-order valence-corrected chi connectivity index (χ1v) is 7.77. The lowest BCUT2D eigenvalue weighted by molar-refractivity contribution is -0.119. The van der Waals surface area contributed by atoms with Crippen molar-refractivity contribution in [3.63, 3.8) is 0 Å². The second kappa shape index (κ2) is 7.27. The van der Waals surface area contributed by atoms with Gasteiger partial charge in [-0.15, -0.1) is 11.8 Å². The Hall–Kier alpha value is -1.81. The Bertz CT molecular complexity index is 595. The molecule has 0 saturated heterocycles. The Morgan fingerprint density at radius 1 is 1.14 bits per heavy atom. The van der Waals surface area contributed by atoms with Gasteiger partial charge in [0.25, 0.3) is 0 Å². The molecule has 0 aliphatic rings. The lowest BCUT2D eigenvalue weighted by atomic mass is 10.1. The summed E-state index contributed by atoms with van der Waals surface area (Å²) in [7, 11) is 0. The summed E-state index contributed by atoms with van der Waals surface area (Å²) in [4.78, 5) is 13.0. The highest BCUT2D eigenvalue weighted by atomic mass is 32.2. The van der Waals surface area contributed by atoms with Crippen molar-refractivity contribution >= 4 is 17.7 Å². The number of thioether (sulfide) groups is 1. The molecule has 0 radical (unpaired) electrons. The van der Waals surface area contributed by atoms with Gasteiger partial charge < -0.3 is 5.32 Å². The molecule has 2 rings (SSSR count). The van der Waals surface area contributed by atoms with Crippen LogP contribution >= 0.6 is 11.8 Å². The Kier molecular flexibility index (Phi) is 5.39. The number of rotatable bonds is 5. The van der Waals surface area contributed by atoms with Gasteiger partial charge in [-0.3, -0.25) is 4.79 Å². The molecule has 0 heterocycles. The monoisotopic (exact) mass is 303 g/mol. The number of aryl methyl sites for hydroxylation is 1. The number of carbonyl (C=O) groups is 1. The molecule has 2 aromatic rings. The Balaban J connectivity index is 1.83. The van der Waals surface area contributed by atoms with Crippen molar-refractivity contribution < 1.29 is 9.18 Å². The van der Waals surface area contributed by atoms with Crippen LogP contribution in [-0.4, -0.2) is 11.7 Å². The van der Waals surface area contributed by atoms with E-state index in [1.807, 2.05) is 38.1 Å². The maximum absolute atomic E-state index is 12.9. The van der Waals surface area contributed by atoms with Gasteiger partial charge in [-0.25, -0.2) is 4.39 Å². The third kappa shape index (κ3) is 4.90. The first-order chi connectivity index (χ1) is 10.0. The number of amides is 1. The van der Waals surface area contributed by atoms with Gasteiger partial charge in [0.2, 0.25) is 5.91 Å². The Labute approximate surface area is 128 Å². The molecule has 4 heteroatoms. The van der Waals surface area contributed by atoms with Crippen molar-refractivity contribution in [3.8, 4) is 0 Å². The molecule has 1 N–H and O–H groups in total. The highest BCUT2D eigenvalue weighted by Crippen LogP contribution is 2.19. The summed E-state index contributed by atoms with van der Waals surface area (Å²) in [5.74, 6) is 0.0683. The number of nitrogens with one attached hydrogen (secondary N) is 1. The predicted octanol–water partition coefficient (Wildman–Crippen LogP) is 4.10. The first kappa shape index (κ1) is 15.6. The number of hydrogen-bond acceptors (Lipinski definition) is 2. The summed E-state index contributed by atoms with van der Waals surface area (Å²) in [6, 6.07) is 14.1. The van der Waals surface area contributed by atoms with Gasteiger partial charge in [0, 0.05) is 4.90 Å². The molecule has 0 spiro atoms. The van der Waals surface area contributed by atoms with E-state index in [1.165, 1.54) is 29.5 Å². The van der Waals surface area contributed by atoms with E-state index < -0.39 is 0 Å². The molecule has 0 aliphatic carbocycles. The van der Waals surface area contributed by atoms with Gasteiger partial charge in [0.15, 0.2) is 0 Å². The Morgan fingerprint density at radius 3 is 2.38 bits per heavy atom. The quantitative estimate of drug-likeness (QED) is 0.842. The fraction of sp³-hybridized carbons (Fsp3) is 0.235. The molecule has 21 heavy (non-hydrogen) atoms. The van der Waals surface area contributed by atoms with Crippen LogP contribution in [0, 0.1) is 12.7 Å². The number of carbonyl (C=O) groups excluding carboxylic acids is 1. The summed E-state index contributed by atoms with van der Waals surface area (Å²) in [5.41, 5.74) is 2.10. The molecular weight excluding hydrogens is 285 g/mol. The number of benzene rings is 2. The van der Waals surface area contributed by atoms with Crippen LogP contribution in [0.4, 0.5) is 4.39 Å². The lowest BCUT2D eigenvalue weighted by Crippen LogP contribution is -2.28. The van der Waals surface area contributed by atoms with Crippen LogP contribution in [0.1, 0.15) is 24.1 Å². The van der Waals surface area contributed by atoms with Crippen LogP contribution in [-0.2, 0) is 4.79 Å². The molecule has 0 aromatic heterocycles. The van der Waals surface area contributed by atoms with Crippen molar-refractivity contribution in [2.75, 3.05) is 5.75 Å². The van der Waals surface area contributed by atoms with Crippen molar-refractivity contribution in [2.24, 2.45) is 0 Å². The summed E-state index contributed by atoms with van der Waals surface area (Å²) in [6.45, 7) is 3.92. The first-order valence-electron chi connectivity index (χ1n) is 6.79. The fourth-order valence-electron chi connectivity index (χ4n) is 1.90. The van der Waals surface area contributed by atoms with E-state index in [1.54, 1.807) is 12.1 Å². The molecule has 0 bridgehead atoms. The third-order valence-electron chi connectivity index (χ3n) is 3.14. The van der Waals surface area contributed by atoms with Crippen LogP contribution < -0.4 is 5.32 Å². The van der Waals surface area contributed by atoms with Crippen LogP contribution in [0.3, 0.4) is 0 Å². The molecule has 2 aromatic carbocycles. The molecule has 1 unspecified atom stereocenters. The SMILES string of the molecule is Cc1ccc(SCC(=O)NC(C)c2ccc(F)cc2)cc1. The minimum absolute atomic E-state index is 0.0302. The maximum Gasteiger partial charge on any atom is 0.230 e. The van der Waals surface area contributed by atoms with Gasteiger partial charge in [0.05, 0.1) is 11.8 Å². The predicted molar refractivity (Wildman–Crippen MR) is 84.9 cm³/mol. The van der Waals surface area contributed by atoms with Crippen LogP contribution in [0.5, 0.6) is 0 Å². The molecule has 110 valence electrons. The average Bonchev–Trinajstić information content (AvgIpc) is 2.47. The van der Waals surface area contributed by atoms with E-state index in [-0.39, 0.29) is 17.8 Å². The molecular formula is C17H18FNOS. The summed E-state index contributed by atoms with van der Waals surface area (Å²) >= 11 is 1.50. The second-order valence-electron chi connectivity index (χ2n) is 4.94. The smallest absolute Gasteiger partial charge is 0.230 e. The molecule has 1 atom stereocenters. The van der Waals surface area contributed by atoms with Gasteiger partial charge in [0.1, 0.15) is 5.82 Å². The molecule has 2 nitrogen and oxygen atoms in total. The van der Waals surface area contributed by atoms with E-state index in [0.717, 1.165) is 10.5 Å². The van der Waals surface area contributed by atoms with E-state index in [2.05, 4.69) is 5.32 Å². The van der Waals surface area contributed by atoms with Crippen LogP contribution in [0.15, 0.2) is 53.4 Å². The van der Waals surface area contributed by atoms with Gasteiger partial charge in [-0.05, 0) is 43.7 Å². The largest absolute Gasteiger partial charge is 0.349 e. The minimum Gasteiger partial charge on any atom is -0.349 e. The molecule has 0 aliphatic heterocycles. The van der Waals surface area contributed by atoms with Gasteiger partial charge in [-0.2, -0.15) is 0 Å². The minimum atomic E-state index is -0.271. The average molecular weight is 303 g/mol.